The zero-order chi connectivity index (χ0) is 29.6. The van der Waals surface area contributed by atoms with E-state index in [2.05, 4.69) is 55.7 Å². The van der Waals surface area contributed by atoms with Crippen molar-refractivity contribution in [3.8, 4) is 0 Å². The molecule has 8 heteroatoms. The number of fused-ring (bicyclic) bond motifs is 1. The summed E-state index contributed by atoms with van der Waals surface area (Å²) in [7, 11) is -2.36. The fourth-order valence-corrected chi connectivity index (χ4v) is 5.71. The number of nitrogens with one attached hydrogen (secondary N) is 2. The number of aryl methyl sites for hydroxylation is 1. The Kier molecular flexibility index (Phi) is 9.56. The maximum absolute atomic E-state index is 13.1. The number of allylic oxidation sites excluding steroid dienone is 3. The number of hydrogen-bond acceptors (Lipinski definition) is 6. The molecule has 0 atom stereocenters. The van der Waals surface area contributed by atoms with Gasteiger partial charge in [-0.3, -0.25) is 9.35 Å². The van der Waals surface area contributed by atoms with E-state index in [1.807, 2.05) is 42.5 Å². The van der Waals surface area contributed by atoms with Gasteiger partial charge in [-0.25, -0.2) is 0 Å². The van der Waals surface area contributed by atoms with Gasteiger partial charge in [0.05, 0.1) is 18.4 Å². The minimum Gasteiger partial charge on any atom is -0.494 e. The molecule has 7 nitrogen and oxygen atoms in total. The number of benzene rings is 3. The van der Waals surface area contributed by atoms with E-state index in [0.717, 1.165) is 35.0 Å². The molecule has 0 saturated heterocycles. The molecule has 0 fully saturated rings. The summed E-state index contributed by atoms with van der Waals surface area (Å²) in [6, 6.07) is 20.5. The fraction of sp³-hybridized carbons (Fsp3) is 0.364. The van der Waals surface area contributed by atoms with Crippen LogP contribution in [-0.2, 0) is 32.5 Å². The second-order valence-electron chi connectivity index (χ2n) is 11.3. The Morgan fingerprint density at radius 1 is 1.00 bits per heavy atom. The van der Waals surface area contributed by atoms with Gasteiger partial charge in [-0.2, -0.15) is 8.42 Å². The van der Waals surface area contributed by atoms with Gasteiger partial charge in [0.2, 0.25) is 5.78 Å². The van der Waals surface area contributed by atoms with E-state index in [1.165, 1.54) is 11.1 Å². The number of carbonyl (C=O) groups excluding carboxylic acids is 1. The SMILES string of the molecule is CCc1ccc(NC2=C(OC)/C(=C/CC(C)(C)Cc3c(NCCCCS(=O)(=O)O)ccc4ccccc34)C2=O)cc1. The van der Waals surface area contributed by atoms with Crippen LogP contribution in [-0.4, -0.2) is 38.2 Å². The zero-order valence-corrected chi connectivity index (χ0v) is 25.1. The van der Waals surface area contributed by atoms with Gasteiger partial charge in [0.25, 0.3) is 10.1 Å². The van der Waals surface area contributed by atoms with Crippen molar-refractivity contribution in [2.75, 3.05) is 30.0 Å². The number of unbranched alkanes of at least 4 members (excludes halogenated alkanes) is 1. The van der Waals surface area contributed by atoms with Crippen molar-refractivity contribution in [3.63, 3.8) is 0 Å². The lowest BCUT2D eigenvalue weighted by atomic mass is 9.79. The molecule has 1 aliphatic rings. The summed E-state index contributed by atoms with van der Waals surface area (Å²) in [4.78, 5) is 13.1. The first kappa shape index (κ1) is 30.3. The van der Waals surface area contributed by atoms with E-state index in [4.69, 9.17) is 9.29 Å². The average molecular weight is 577 g/mol. The van der Waals surface area contributed by atoms with Gasteiger partial charge < -0.3 is 15.4 Å². The summed E-state index contributed by atoms with van der Waals surface area (Å²) >= 11 is 0. The van der Waals surface area contributed by atoms with E-state index in [-0.39, 0.29) is 17.0 Å². The predicted octanol–water partition coefficient (Wildman–Crippen LogP) is 6.92. The molecule has 3 aromatic carbocycles. The Hall–Kier alpha value is -3.62. The second-order valence-corrected chi connectivity index (χ2v) is 12.9. The Bertz CT molecular complexity index is 1570. The standard InChI is InChI=1S/C33H40N2O5S/c1-5-23-12-15-25(16-13-23)35-30-31(36)27(32(30)40-4)18-19-33(2,3)22-28-26-11-7-6-10-24(26)14-17-29(28)34-20-8-9-21-41(37,38)39/h6-7,10-18,34-35H,5,8-9,19-22H2,1-4H3,(H,37,38,39)/b27-18+. The molecular weight excluding hydrogens is 536 g/mol. The largest absolute Gasteiger partial charge is 0.494 e. The molecule has 1 aliphatic carbocycles. The number of ketones is 1. The summed E-state index contributed by atoms with van der Waals surface area (Å²) < 4.78 is 36.7. The number of methoxy groups -OCH3 is 1. The lowest BCUT2D eigenvalue weighted by Crippen LogP contribution is -2.29. The predicted molar refractivity (Wildman–Crippen MR) is 167 cm³/mol. The van der Waals surface area contributed by atoms with Crippen LogP contribution in [0.2, 0.25) is 0 Å². The van der Waals surface area contributed by atoms with Crippen molar-refractivity contribution in [3.05, 3.63) is 94.9 Å². The molecule has 41 heavy (non-hydrogen) atoms. The van der Waals surface area contributed by atoms with Crippen LogP contribution in [0.4, 0.5) is 11.4 Å². The maximum atomic E-state index is 13.1. The van der Waals surface area contributed by atoms with E-state index >= 15 is 0 Å². The molecule has 0 radical (unpaired) electrons. The molecule has 0 amide bonds. The van der Waals surface area contributed by atoms with Crippen molar-refractivity contribution < 1.29 is 22.5 Å². The molecule has 218 valence electrons. The smallest absolute Gasteiger partial charge is 0.264 e. The van der Waals surface area contributed by atoms with E-state index in [1.54, 1.807) is 7.11 Å². The Morgan fingerprint density at radius 2 is 1.73 bits per heavy atom. The molecule has 0 aromatic heterocycles. The lowest BCUT2D eigenvalue weighted by molar-refractivity contribution is -0.113. The number of carbonyl (C=O) groups is 1. The molecule has 4 rings (SSSR count). The summed E-state index contributed by atoms with van der Waals surface area (Å²) in [5, 5.41) is 9.01. The molecule has 0 spiro atoms. The minimum atomic E-state index is -3.95. The molecule has 0 unspecified atom stereocenters. The topological polar surface area (TPSA) is 105 Å². The van der Waals surface area contributed by atoms with Gasteiger partial charge >= 0.3 is 0 Å². The van der Waals surface area contributed by atoms with Crippen LogP contribution in [0.15, 0.2) is 83.8 Å². The van der Waals surface area contributed by atoms with Crippen molar-refractivity contribution in [1.82, 2.24) is 0 Å². The summed E-state index contributed by atoms with van der Waals surface area (Å²) in [5.41, 5.74) is 5.19. The average Bonchev–Trinajstić information content (AvgIpc) is 2.94. The van der Waals surface area contributed by atoms with Crippen LogP contribution in [0.3, 0.4) is 0 Å². The van der Waals surface area contributed by atoms with E-state index < -0.39 is 10.1 Å². The Morgan fingerprint density at radius 3 is 2.41 bits per heavy atom. The highest BCUT2D eigenvalue weighted by atomic mass is 32.2. The van der Waals surface area contributed by atoms with E-state index in [9.17, 15) is 13.2 Å². The Balaban J connectivity index is 1.49. The van der Waals surface area contributed by atoms with Gasteiger partial charge in [0, 0.05) is 17.9 Å². The van der Waals surface area contributed by atoms with E-state index in [0.29, 0.717) is 42.8 Å². The highest BCUT2D eigenvalue weighted by molar-refractivity contribution is 7.85. The Labute approximate surface area is 243 Å². The molecular formula is C33H40N2O5S. The first-order chi connectivity index (χ1) is 19.5. The van der Waals surface area contributed by atoms with Crippen LogP contribution in [0.1, 0.15) is 51.2 Å². The monoisotopic (exact) mass is 576 g/mol. The van der Waals surface area contributed by atoms with Gasteiger partial charge in [-0.05, 0) is 77.6 Å². The van der Waals surface area contributed by atoms with Crippen molar-refractivity contribution >= 4 is 38.0 Å². The van der Waals surface area contributed by atoms with Crippen molar-refractivity contribution in [2.45, 2.75) is 52.9 Å². The van der Waals surface area contributed by atoms with Crippen molar-refractivity contribution in [2.24, 2.45) is 5.41 Å². The van der Waals surface area contributed by atoms with Gasteiger partial charge in [-0.15, -0.1) is 0 Å². The lowest BCUT2D eigenvalue weighted by Gasteiger charge is -2.29. The minimum absolute atomic E-state index is 0.0466. The molecule has 3 N–H and O–H groups in total. The number of ether oxygens (including phenoxy) is 1. The maximum Gasteiger partial charge on any atom is 0.264 e. The number of hydrogen-bond donors (Lipinski definition) is 3. The second kappa shape index (κ2) is 12.9. The third-order valence-electron chi connectivity index (χ3n) is 7.48. The third-order valence-corrected chi connectivity index (χ3v) is 8.28. The first-order valence-electron chi connectivity index (χ1n) is 14.1. The van der Waals surface area contributed by atoms with Crippen LogP contribution in [0.25, 0.3) is 10.8 Å². The van der Waals surface area contributed by atoms with Gasteiger partial charge in [0.15, 0.2) is 5.76 Å². The molecule has 0 aliphatic heterocycles. The van der Waals surface area contributed by atoms with Crippen LogP contribution < -0.4 is 10.6 Å². The molecule has 3 aromatic rings. The van der Waals surface area contributed by atoms with Crippen LogP contribution in [0, 0.1) is 5.41 Å². The molecule has 0 bridgehead atoms. The number of rotatable bonds is 14. The van der Waals surface area contributed by atoms with Crippen LogP contribution in [0.5, 0.6) is 0 Å². The number of anilines is 2. The third kappa shape index (κ3) is 7.77. The first-order valence-corrected chi connectivity index (χ1v) is 15.7. The quantitative estimate of drug-likeness (QED) is 0.109. The number of Topliss-reactive ketones (excluding diaryl/α,β-unsaturated/α-hetero) is 1. The molecule has 0 heterocycles. The zero-order valence-electron chi connectivity index (χ0n) is 24.3. The molecule has 0 saturated carbocycles. The van der Waals surface area contributed by atoms with Crippen LogP contribution >= 0.6 is 0 Å². The highest BCUT2D eigenvalue weighted by Gasteiger charge is 2.35. The fourth-order valence-electron chi connectivity index (χ4n) is 5.15. The van der Waals surface area contributed by atoms with Gasteiger partial charge in [-0.1, -0.05) is 69.3 Å². The van der Waals surface area contributed by atoms with Gasteiger partial charge in [0.1, 0.15) is 5.70 Å². The highest BCUT2D eigenvalue weighted by Crippen LogP contribution is 2.38. The normalized spacial score (nSPS) is 14.9. The van der Waals surface area contributed by atoms with Crippen molar-refractivity contribution in [1.29, 1.82) is 0 Å². The summed E-state index contributed by atoms with van der Waals surface area (Å²) in [5.74, 6) is 0.303. The summed E-state index contributed by atoms with van der Waals surface area (Å²) in [6.45, 7) is 7.08. The summed E-state index contributed by atoms with van der Waals surface area (Å²) in [6.07, 6.45) is 5.39.